The highest BCUT2D eigenvalue weighted by atomic mass is 16.6. The summed E-state index contributed by atoms with van der Waals surface area (Å²) in [5.74, 6) is -0.159. The van der Waals surface area contributed by atoms with Gasteiger partial charge >= 0.3 is 5.91 Å². The number of hydrogen-bond acceptors (Lipinski definition) is 7. The van der Waals surface area contributed by atoms with Crippen molar-refractivity contribution >= 4 is 23.3 Å². The maximum Gasteiger partial charge on any atom is 0.301 e. The predicted molar refractivity (Wildman–Crippen MR) is 119 cm³/mol. The Morgan fingerprint density at radius 3 is 2.55 bits per heavy atom. The SMILES string of the molecule is COc1ccccc1C1C(=C(O)c2ccc3c(c2)OCCO3)C(=O)C(=O)N1c1ccccn1. The Morgan fingerprint density at radius 2 is 1.79 bits per heavy atom. The number of Topliss-reactive ketones (excluding diaryl/α,β-unsaturated/α-hetero) is 1. The van der Waals surface area contributed by atoms with Crippen molar-refractivity contribution in [1.82, 2.24) is 4.98 Å². The number of aliphatic hydroxyl groups is 1. The number of aliphatic hydroxyl groups excluding tert-OH is 1. The molecule has 2 aromatic carbocycles. The van der Waals surface area contributed by atoms with E-state index in [2.05, 4.69) is 4.98 Å². The number of rotatable bonds is 4. The lowest BCUT2D eigenvalue weighted by Gasteiger charge is -2.25. The fourth-order valence-electron chi connectivity index (χ4n) is 4.10. The van der Waals surface area contributed by atoms with E-state index < -0.39 is 17.7 Å². The monoisotopic (exact) mass is 444 g/mol. The van der Waals surface area contributed by atoms with Crippen molar-refractivity contribution in [1.29, 1.82) is 0 Å². The van der Waals surface area contributed by atoms with Crippen LogP contribution < -0.4 is 19.1 Å². The first kappa shape index (κ1) is 20.6. The first-order valence-electron chi connectivity index (χ1n) is 10.3. The molecular weight excluding hydrogens is 424 g/mol. The van der Waals surface area contributed by atoms with Crippen molar-refractivity contribution in [2.24, 2.45) is 0 Å². The minimum atomic E-state index is -0.941. The second kappa shape index (κ2) is 8.31. The summed E-state index contributed by atoms with van der Waals surface area (Å²) in [5, 5.41) is 11.3. The molecule has 166 valence electrons. The fourth-order valence-corrected chi connectivity index (χ4v) is 4.10. The average molecular weight is 444 g/mol. The zero-order valence-corrected chi connectivity index (χ0v) is 17.7. The number of pyridine rings is 1. The van der Waals surface area contributed by atoms with Gasteiger partial charge in [-0.05, 0) is 36.4 Å². The van der Waals surface area contributed by atoms with Gasteiger partial charge in [-0.2, -0.15) is 0 Å². The zero-order chi connectivity index (χ0) is 22.9. The molecule has 8 nitrogen and oxygen atoms in total. The van der Waals surface area contributed by atoms with Crippen LogP contribution in [0.5, 0.6) is 17.2 Å². The maximum absolute atomic E-state index is 13.2. The van der Waals surface area contributed by atoms with E-state index in [9.17, 15) is 14.7 Å². The molecule has 0 radical (unpaired) electrons. The van der Waals surface area contributed by atoms with Crippen molar-refractivity contribution in [2.75, 3.05) is 25.2 Å². The van der Waals surface area contributed by atoms with Crippen LogP contribution in [-0.2, 0) is 9.59 Å². The highest BCUT2D eigenvalue weighted by Gasteiger charge is 2.48. The molecule has 1 aromatic heterocycles. The van der Waals surface area contributed by atoms with Crippen LogP contribution in [0, 0.1) is 0 Å². The van der Waals surface area contributed by atoms with Gasteiger partial charge in [-0.15, -0.1) is 0 Å². The summed E-state index contributed by atoms with van der Waals surface area (Å²) in [6.45, 7) is 0.809. The van der Waals surface area contributed by atoms with Crippen molar-refractivity contribution in [2.45, 2.75) is 6.04 Å². The zero-order valence-electron chi connectivity index (χ0n) is 17.7. The van der Waals surface area contributed by atoms with Gasteiger partial charge in [-0.25, -0.2) is 4.98 Å². The summed E-state index contributed by atoms with van der Waals surface area (Å²) >= 11 is 0. The van der Waals surface area contributed by atoms with Gasteiger partial charge in [0, 0.05) is 17.3 Å². The van der Waals surface area contributed by atoms with Gasteiger partial charge in [0.2, 0.25) is 0 Å². The van der Waals surface area contributed by atoms with Gasteiger partial charge in [0.15, 0.2) is 11.5 Å². The third kappa shape index (κ3) is 3.45. The average Bonchev–Trinajstić information content (AvgIpc) is 3.13. The summed E-state index contributed by atoms with van der Waals surface area (Å²) in [7, 11) is 1.51. The van der Waals surface area contributed by atoms with Crippen molar-refractivity contribution in [3.8, 4) is 17.2 Å². The molecule has 1 unspecified atom stereocenters. The van der Waals surface area contributed by atoms with Crippen LogP contribution in [-0.4, -0.2) is 42.1 Å². The maximum atomic E-state index is 13.2. The lowest BCUT2D eigenvalue weighted by Crippen LogP contribution is -2.30. The van der Waals surface area contributed by atoms with E-state index in [0.717, 1.165) is 0 Å². The third-order valence-electron chi connectivity index (χ3n) is 5.59. The van der Waals surface area contributed by atoms with E-state index in [1.54, 1.807) is 60.7 Å². The second-order valence-electron chi connectivity index (χ2n) is 7.46. The molecule has 1 atom stereocenters. The topological polar surface area (TPSA) is 98.2 Å². The molecule has 33 heavy (non-hydrogen) atoms. The number of hydrogen-bond donors (Lipinski definition) is 1. The highest BCUT2D eigenvalue weighted by molar-refractivity contribution is 6.51. The molecule has 2 aliphatic heterocycles. The minimum Gasteiger partial charge on any atom is -0.507 e. The quantitative estimate of drug-likeness (QED) is 0.374. The van der Waals surface area contributed by atoms with Crippen LogP contribution >= 0.6 is 0 Å². The van der Waals surface area contributed by atoms with Gasteiger partial charge in [-0.3, -0.25) is 14.5 Å². The van der Waals surface area contributed by atoms with Crippen LogP contribution in [0.15, 0.2) is 72.4 Å². The normalized spacial score (nSPS) is 18.9. The molecule has 1 fully saturated rings. The summed E-state index contributed by atoms with van der Waals surface area (Å²) in [6.07, 6.45) is 1.54. The molecule has 0 aliphatic carbocycles. The molecule has 3 aromatic rings. The van der Waals surface area contributed by atoms with Gasteiger partial charge in [0.1, 0.15) is 36.6 Å². The molecule has 5 rings (SSSR count). The van der Waals surface area contributed by atoms with Gasteiger partial charge in [0.05, 0.1) is 12.7 Å². The fraction of sp³-hybridized carbons (Fsp3) is 0.160. The number of nitrogens with zero attached hydrogens (tertiary/aromatic N) is 2. The number of aromatic nitrogens is 1. The molecule has 0 bridgehead atoms. The van der Waals surface area contributed by atoms with E-state index in [4.69, 9.17) is 14.2 Å². The molecular formula is C25H20N2O6. The third-order valence-corrected chi connectivity index (χ3v) is 5.59. The number of benzene rings is 2. The number of ketones is 1. The lowest BCUT2D eigenvalue weighted by molar-refractivity contribution is -0.132. The molecule has 1 saturated heterocycles. The van der Waals surface area contributed by atoms with Crippen molar-refractivity contribution in [3.63, 3.8) is 0 Å². The second-order valence-corrected chi connectivity index (χ2v) is 7.46. The first-order chi connectivity index (χ1) is 16.1. The minimum absolute atomic E-state index is 0.0631. The van der Waals surface area contributed by atoms with E-state index in [1.165, 1.54) is 18.2 Å². The number of para-hydroxylation sites is 1. The van der Waals surface area contributed by atoms with Gasteiger partial charge in [0.25, 0.3) is 5.78 Å². The van der Waals surface area contributed by atoms with E-state index in [-0.39, 0.29) is 17.2 Å². The Morgan fingerprint density at radius 1 is 1.03 bits per heavy atom. The summed E-state index contributed by atoms with van der Waals surface area (Å²) in [4.78, 5) is 32.0. The molecule has 0 saturated carbocycles. The lowest BCUT2D eigenvalue weighted by atomic mass is 9.94. The molecule has 1 amide bonds. The van der Waals surface area contributed by atoms with Crippen LogP contribution in [0.1, 0.15) is 17.2 Å². The number of carbonyl (C=O) groups is 2. The molecule has 8 heteroatoms. The van der Waals surface area contributed by atoms with Crippen molar-refractivity contribution < 1.29 is 28.9 Å². The summed E-state index contributed by atoms with van der Waals surface area (Å²) in [5.41, 5.74) is 0.814. The Kier molecular flexibility index (Phi) is 5.18. The highest BCUT2D eigenvalue weighted by Crippen LogP contribution is 2.45. The van der Waals surface area contributed by atoms with Crippen LogP contribution in [0.3, 0.4) is 0 Å². The number of fused-ring (bicyclic) bond motifs is 1. The Labute approximate surface area is 189 Å². The number of ether oxygens (including phenoxy) is 3. The first-order valence-corrected chi connectivity index (χ1v) is 10.3. The molecule has 1 N–H and O–H groups in total. The number of anilines is 1. The predicted octanol–water partition coefficient (Wildman–Crippen LogP) is 3.49. The summed E-state index contributed by atoms with van der Waals surface area (Å²) in [6, 6.07) is 16.1. The largest absolute Gasteiger partial charge is 0.507 e. The van der Waals surface area contributed by atoms with Gasteiger partial charge < -0.3 is 19.3 Å². The van der Waals surface area contributed by atoms with Crippen LogP contribution in [0.25, 0.3) is 5.76 Å². The molecule has 2 aliphatic rings. The Balaban J connectivity index is 1.72. The summed E-state index contributed by atoms with van der Waals surface area (Å²) < 4.78 is 16.7. The van der Waals surface area contributed by atoms with Crippen LogP contribution in [0.2, 0.25) is 0 Å². The van der Waals surface area contributed by atoms with E-state index in [0.29, 0.717) is 41.6 Å². The molecule has 3 heterocycles. The number of carbonyl (C=O) groups excluding carboxylic acids is 2. The number of amides is 1. The van der Waals surface area contributed by atoms with E-state index in [1.807, 2.05) is 0 Å². The molecule has 0 spiro atoms. The van der Waals surface area contributed by atoms with Crippen molar-refractivity contribution in [3.05, 3.63) is 83.6 Å². The smallest absolute Gasteiger partial charge is 0.301 e. The standard InChI is InChI=1S/C25H20N2O6/c1-31-17-7-3-2-6-16(17)22-21(24(29)25(30)27(22)20-8-4-5-11-26-20)23(28)15-9-10-18-19(14-15)33-13-12-32-18/h2-11,14,22,28H,12-13H2,1H3. The van der Waals surface area contributed by atoms with Crippen LogP contribution in [0.4, 0.5) is 5.82 Å². The Bertz CT molecular complexity index is 1270. The Hall–Kier alpha value is -4.33. The number of methoxy groups -OCH3 is 1. The van der Waals surface area contributed by atoms with E-state index >= 15 is 0 Å². The van der Waals surface area contributed by atoms with Gasteiger partial charge in [-0.1, -0.05) is 24.3 Å².